The average molecular weight is 255 g/mol. The van der Waals surface area contributed by atoms with Crippen molar-refractivity contribution in [2.75, 3.05) is 11.1 Å². The highest BCUT2D eigenvalue weighted by Crippen LogP contribution is 2.28. The second-order valence-corrected chi connectivity index (χ2v) is 3.35. The molecule has 5 nitrogen and oxygen atoms in total. The summed E-state index contributed by atoms with van der Waals surface area (Å²) in [4.78, 5) is 11.0. The zero-order valence-electron chi connectivity index (χ0n) is 8.94. The molecule has 0 spiro atoms. The zero-order valence-corrected chi connectivity index (χ0v) is 8.94. The fraction of sp³-hybridized carbons (Fsp3) is 0.100. The molecule has 2 aromatic heterocycles. The second kappa shape index (κ2) is 4.47. The molecule has 0 saturated carbocycles. The van der Waals surface area contributed by atoms with Crippen LogP contribution in [-0.2, 0) is 6.18 Å². The molecule has 2 heterocycles. The Balaban J connectivity index is 2.19. The highest BCUT2D eigenvalue weighted by molar-refractivity contribution is 5.64. The Bertz CT molecular complexity index is 538. The quantitative estimate of drug-likeness (QED) is 0.860. The van der Waals surface area contributed by atoms with Gasteiger partial charge in [0, 0.05) is 12.4 Å². The molecule has 0 saturated heterocycles. The molecular weight excluding hydrogens is 247 g/mol. The van der Waals surface area contributed by atoms with Crippen LogP contribution in [0.4, 0.5) is 30.5 Å². The van der Waals surface area contributed by atoms with Gasteiger partial charge < -0.3 is 11.1 Å². The van der Waals surface area contributed by atoms with Crippen LogP contribution < -0.4 is 11.1 Å². The number of hydrogen-bond acceptors (Lipinski definition) is 5. The molecule has 18 heavy (non-hydrogen) atoms. The van der Waals surface area contributed by atoms with Gasteiger partial charge in [-0.25, -0.2) is 15.0 Å². The monoisotopic (exact) mass is 255 g/mol. The molecule has 0 fully saturated rings. The van der Waals surface area contributed by atoms with E-state index in [-0.39, 0.29) is 11.6 Å². The summed E-state index contributed by atoms with van der Waals surface area (Å²) in [5.74, 6) is 0.413. The summed E-state index contributed by atoms with van der Waals surface area (Å²) < 4.78 is 36.9. The van der Waals surface area contributed by atoms with Crippen molar-refractivity contribution in [3.8, 4) is 0 Å². The normalized spacial score (nSPS) is 11.3. The van der Waals surface area contributed by atoms with E-state index in [1.165, 1.54) is 18.5 Å². The summed E-state index contributed by atoms with van der Waals surface area (Å²) in [6, 6.07) is 2.11. The number of nitrogens with zero attached hydrogens (tertiary/aromatic N) is 3. The molecule has 94 valence electrons. The van der Waals surface area contributed by atoms with Gasteiger partial charge in [-0.3, -0.25) is 0 Å². The van der Waals surface area contributed by atoms with E-state index in [1.807, 2.05) is 0 Å². The van der Waals surface area contributed by atoms with Gasteiger partial charge in [0.1, 0.15) is 5.69 Å². The number of nitrogens with one attached hydrogen (secondary N) is 1. The van der Waals surface area contributed by atoms with E-state index < -0.39 is 11.9 Å². The van der Waals surface area contributed by atoms with Crippen LogP contribution in [0.3, 0.4) is 0 Å². The predicted octanol–water partition coefficient (Wildman–Crippen LogP) is 2.22. The summed E-state index contributed by atoms with van der Waals surface area (Å²) >= 11 is 0. The van der Waals surface area contributed by atoms with Crippen LogP contribution in [0.1, 0.15) is 5.69 Å². The Morgan fingerprint density at radius 2 is 1.78 bits per heavy atom. The molecular formula is C10H8F3N5. The summed E-state index contributed by atoms with van der Waals surface area (Å²) in [6.07, 6.45) is -0.581. The molecule has 0 aliphatic heterocycles. The largest absolute Gasteiger partial charge is 0.433 e. The van der Waals surface area contributed by atoms with Crippen LogP contribution in [0.15, 0.2) is 30.7 Å². The van der Waals surface area contributed by atoms with Gasteiger partial charge in [0.25, 0.3) is 0 Å². The third-order valence-electron chi connectivity index (χ3n) is 2.04. The van der Waals surface area contributed by atoms with E-state index in [9.17, 15) is 13.2 Å². The summed E-state index contributed by atoms with van der Waals surface area (Å²) in [6.45, 7) is 0. The van der Waals surface area contributed by atoms with E-state index in [0.717, 1.165) is 12.3 Å². The molecule has 8 heteroatoms. The van der Waals surface area contributed by atoms with Gasteiger partial charge in [0.05, 0.1) is 11.9 Å². The molecule has 0 aromatic carbocycles. The van der Waals surface area contributed by atoms with Crippen molar-refractivity contribution in [2.45, 2.75) is 6.18 Å². The van der Waals surface area contributed by atoms with Crippen molar-refractivity contribution in [1.29, 1.82) is 0 Å². The molecule has 0 aliphatic carbocycles. The Morgan fingerprint density at radius 3 is 2.33 bits per heavy atom. The van der Waals surface area contributed by atoms with Gasteiger partial charge in [0.15, 0.2) is 11.6 Å². The molecule has 0 unspecified atom stereocenters. The lowest BCUT2D eigenvalue weighted by atomic mass is 10.3. The van der Waals surface area contributed by atoms with E-state index in [1.54, 1.807) is 0 Å². The highest BCUT2D eigenvalue weighted by atomic mass is 19.4. The third-order valence-corrected chi connectivity index (χ3v) is 2.04. The third kappa shape index (κ3) is 2.65. The van der Waals surface area contributed by atoms with Gasteiger partial charge >= 0.3 is 6.18 Å². The first-order valence-corrected chi connectivity index (χ1v) is 4.83. The van der Waals surface area contributed by atoms with Gasteiger partial charge in [-0.2, -0.15) is 13.2 Å². The smallest absolute Gasteiger partial charge is 0.381 e. The topological polar surface area (TPSA) is 76.7 Å². The Kier molecular flexibility index (Phi) is 3.00. The fourth-order valence-corrected chi connectivity index (χ4v) is 1.22. The van der Waals surface area contributed by atoms with Crippen LogP contribution in [0.25, 0.3) is 0 Å². The number of anilines is 3. The molecule has 0 aliphatic rings. The number of hydrogen-bond donors (Lipinski definition) is 2. The van der Waals surface area contributed by atoms with Gasteiger partial charge in [-0.05, 0) is 12.1 Å². The maximum atomic E-state index is 12.3. The maximum Gasteiger partial charge on any atom is 0.433 e. The van der Waals surface area contributed by atoms with Crippen LogP contribution in [0, 0.1) is 0 Å². The van der Waals surface area contributed by atoms with E-state index in [4.69, 9.17) is 5.73 Å². The van der Waals surface area contributed by atoms with E-state index in [0.29, 0.717) is 5.69 Å². The van der Waals surface area contributed by atoms with Crippen LogP contribution in [0.5, 0.6) is 0 Å². The lowest BCUT2D eigenvalue weighted by molar-refractivity contribution is -0.141. The van der Waals surface area contributed by atoms with Crippen LogP contribution >= 0.6 is 0 Å². The predicted molar refractivity (Wildman–Crippen MR) is 59.0 cm³/mol. The molecule has 0 amide bonds. The molecule has 2 aromatic rings. The summed E-state index contributed by atoms with van der Waals surface area (Å²) in [5, 5.41) is 2.72. The number of nitrogens with two attached hydrogens (primary N) is 1. The van der Waals surface area contributed by atoms with Crippen LogP contribution in [-0.4, -0.2) is 15.0 Å². The molecule has 0 radical (unpaired) electrons. The molecule has 2 rings (SSSR count). The second-order valence-electron chi connectivity index (χ2n) is 3.35. The lowest BCUT2D eigenvalue weighted by Crippen LogP contribution is -2.08. The van der Waals surface area contributed by atoms with Crippen molar-refractivity contribution in [3.05, 3.63) is 36.4 Å². The van der Waals surface area contributed by atoms with Gasteiger partial charge in [0.2, 0.25) is 0 Å². The standard InChI is InChI=1S/C10H8F3N5/c11-10(12,13)7-2-1-6(5-17-7)18-9-8(14)15-3-4-16-9/h1-5H,(H2,14,15)(H,16,18). The maximum absolute atomic E-state index is 12.3. The van der Waals surface area contributed by atoms with Crippen LogP contribution in [0.2, 0.25) is 0 Å². The average Bonchev–Trinajstić information content (AvgIpc) is 2.32. The first kappa shape index (κ1) is 12.1. The SMILES string of the molecule is Nc1nccnc1Nc1ccc(C(F)(F)F)nc1. The number of alkyl halides is 3. The number of nitrogen functional groups attached to an aromatic ring is 1. The van der Waals surface area contributed by atoms with Crippen molar-refractivity contribution >= 4 is 17.3 Å². The summed E-state index contributed by atoms with van der Waals surface area (Å²) in [5.41, 5.74) is 4.92. The highest BCUT2D eigenvalue weighted by Gasteiger charge is 2.32. The number of halogens is 3. The molecule has 3 N–H and O–H groups in total. The fourth-order valence-electron chi connectivity index (χ4n) is 1.22. The van der Waals surface area contributed by atoms with Gasteiger partial charge in [-0.1, -0.05) is 0 Å². The number of pyridine rings is 1. The first-order valence-electron chi connectivity index (χ1n) is 4.83. The van der Waals surface area contributed by atoms with Crippen molar-refractivity contribution in [1.82, 2.24) is 15.0 Å². The Hall–Kier alpha value is -2.38. The minimum atomic E-state index is -4.45. The summed E-state index contributed by atoms with van der Waals surface area (Å²) in [7, 11) is 0. The Labute approximate surface area is 99.9 Å². The van der Waals surface area contributed by atoms with Gasteiger partial charge in [-0.15, -0.1) is 0 Å². The lowest BCUT2D eigenvalue weighted by Gasteiger charge is -2.08. The van der Waals surface area contributed by atoms with Crippen molar-refractivity contribution in [3.63, 3.8) is 0 Å². The first-order chi connectivity index (χ1) is 8.47. The Morgan fingerprint density at radius 1 is 1.06 bits per heavy atom. The van der Waals surface area contributed by atoms with E-state index >= 15 is 0 Å². The van der Waals surface area contributed by atoms with E-state index in [2.05, 4.69) is 20.3 Å². The number of aromatic nitrogens is 3. The minimum Gasteiger partial charge on any atom is -0.381 e. The zero-order chi connectivity index (χ0) is 13.2. The van der Waals surface area contributed by atoms with Crippen molar-refractivity contribution < 1.29 is 13.2 Å². The molecule has 0 bridgehead atoms. The number of rotatable bonds is 2. The van der Waals surface area contributed by atoms with Crippen molar-refractivity contribution in [2.24, 2.45) is 0 Å². The minimum absolute atomic E-state index is 0.150. The molecule has 0 atom stereocenters.